The van der Waals surface area contributed by atoms with E-state index < -0.39 is 0 Å². The summed E-state index contributed by atoms with van der Waals surface area (Å²) in [5.74, 6) is -0.748. The summed E-state index contributed by atoms with van der Waals surface area (Å²) in [5.41, 5.74) is 2.16. The van der Waals surface area contributed by atoms with Crippen molar-refractivity contribution in [3.8, 4) is 0 Å². The lowest BCUT2D eigenvalue weighted by atomic mass is 10.1. The van der Waals surface area contributed by atoms with Crippen LogP contribution in [0, 0.1) is 0 Å². The molecule has 0 fully saturated rings. The normalized spacial score (nSPS) is 12.5. The highest BCUT2D eigenvalue weighted by atomic mass is 16.5. The first-order valence-electron chi connectivity index (χ1n) is 12.5. The SMILES string of the molecule is CCOC(=O)c1ccc(NC(=O)CCCCCCCCCCN2C(=O)c3ccccc3C2=O)cc1. The van der Waals surface area contributed by atoms with Crippen molar-refractivity contribution in [2.24, 2.45) is 0 Å². The van der Waals surface area contributed by atoms with Gasteiger partial charge in [0.25, 0.3) is 11.8 Å². The first-order valence-corrected chi connectivity index (χ1v) is 12.5. The summed E-state index contributed by atoms with van der Waals surface area (Å²) in [4.78, 5) is 49.8. The standard InChI is InChI=1S/C28H34N2O5/c1-2-35-28(34)21-16-18-22(19-17-21)29-25(31)15-9-7-5-3-4-6-8-12-20-30-26(32)23-13-10-11-14-24(23)27(30)33/h10-11,13-14,16-19H,2-9,12,15,20H2,1H3,(H,29,31). The van der Waals surface area contributed by atoms with Crippen molar-refractivity contribution in [3.63, 3.8) is 0 Å². The summed E-state index contributed by atoms with van der Waals surface area (Å²) >= 11 is 0. The second-order valence-electron chi connectivity index (χ2n) is 8.73. The molecule has 3 amide bonds. The number of amides is 3. The molecule has 7 heteroatoms. The third kappa shape index (κ3) is 7.50. The zero-order valence-corrected chi connectivity index (χ0v) is 20.4. The monoisotopic (exact) mass is 478 g/mol. The molecule has 0 aliphatic carbocycles. The molecule has 1 heterocycles. The summed E-state index contributed by atoms with van der Waals surface area (Å²) in [5, 5.41) is 2.86. The van der Waals surface area contributed by atoms with E-state index in [9.17, 15) is 19.2 Å². The fourth-order valence-corrected chi connectivity index (χ4v) is 4.19. The molecule has 0 aromatic heterocycles. The molecule has 0 bridgehead atoms. The Bertz CT molecular complexity index is 997. The Hall–Kier alpha value is -3.48. The van der Waals surface area contributed by atoms with Crippen LogP contribution in [0.1, 0.15) is 95.8 Å². The maximum atomic E-state index is 12.3. The van der Waals surface area contributed by atoms with E-state index in [0.29, 0.717) is 42.0 Å². The second-order valence-corrected chi connectivity index (χ2v) is 8.73. The average molecular weight is 479 g/mol. The minimum Gasteiger partial charge on any atom is -0.462 e. The highest BCUT2D eigenvalue weighted by Gasteiger charge is 2.34. The minimum absolute atomic E-state index is 0.0259. The van der Waals surface area contributed by atoms with Gasteiger partial charge in [0.05, 0.1) is 23.3 Å². The van der Waals surface area contributed by atoms with E-state index in [-0.39, 0.29) is 23.7 Å². The molecule has 35 heavy (non-hydrogen) atoms. The number of carbonyl (C=O) groups excluding carboxylic acids is 4. The quantitative estimate of drug-likeness (QED) is 0.216. The Morgan fingerprint density at radius 1 is 0.771 bits per heavy atom. The van der Waals surface area contributed by atoms with Crippen LogP contribution in [0.5, 0.6) is 0 Å². The van der Waals surface area contributed by atoms with E-state index in [2.05, 4.69) is 5.32 Å². The largest absolute Gasteiger partial charge is 0.462 e. The first kappa shape index (κ1) is 26.1. The molecule has 0 radical (unpaired) electrons. The number of nitrogens with one attached hydrogen (secondary N) is 1. The fraction of sp³-hybridized carbons (Fsp3) is 0.429. The molecule has 0 atom stereocenters. The average Bonchev–Trinajstić information content (AvgIpc) is 3.10. The number of hydrogen-bond acceptors (Lipinski definition) is 5. The van der Waals surface area contributed by atoms with Gasteiger partial charge < -0.3 is 10.1 Å². The summed E-state index contributed by atoms with van der Waals surface area (Å²) in [6.45, 7) is 2.57. The number of imide groups is 1. The van der Waals surface area contributed by atoms with Crippen LogP contribution in [-0.2, 0) is 9.53 Å². The van der Waals surface area contributed by atoms with Gasteiger partial charge in [-0.1, -0.05) is 50.7 Å². The minimum atomic E-state index is -0.367. The van der Waals surface area contributed by atoms with Crippen LogP contribution in [0.2, 0.25) is 0 Å². The molecule has 3 rings (SSSR count). The number of ether oxygens (including phenoxy) is 1. The van der Waals surface area contributed by atoms with Crippen molar-refractivity contribution in [2.75, 3.05) is 18.5 Å². The molecule has 1 aliphatic rings. The summed E-state index contributed by atoms with van der Waals surface area (Å²) in [6.07, 6.45) is 8.52. The molecule has 0 saturated carbocycles. The molecule has 1 N–H and O–H groups in total. The fourth-order valence-electron chi connectivity index (χ4n) is 4.19. The van der Waals surface area contributed by atoms with Gasteiger partial charge in [-0.05, 0) is 56.2 Å². The molecule has 2 aromatic carbocycles. The van der Waals surface area contributed by atoms with Crippen LogP contribution in [-0.4, -0.2) is 41.7 Å². The van der Waals surface area contributed by atoms with Crippen molar-refractivity contribution in [1.82, 2.24) is 4.90 Å². The predicted octanol–water partition coefficient (Wildman–Crippen LogP) is 5.61. The number of carbonyl (C=O) groups is 4. The number of nitrogens with zero attached hydrogens (tertiary/aromatic N) is 1. The van der Waals surface area contributed by atoms with Crippen molar-refractivity contribution >= 4 is 29.4 Å². The molecule has 186 valence electrons. The number of esters is 1. The van der Waals surface area contributed by atoms with E-state index in [0.717, 1.165) is 51.4 Å². The highest BCUT2D eigenvalue weighted by Crippen LogP contribution is 2.23. The molecule has 0 unspecified atom stereocenters. The van der Waals surface area contributed by atoms with Crippen molar-refractivity contribution in [1.29, 1.82) is 0 Å². The molecule has 0 saturated heterocycles. The van der Waals surface area contributed by atoms with Gasteiger partial charge in [-0.25, -0.2) is 4.79 Å². The smallest absolute Gasteiger partial charge is 0.338 e. The number of anilines is 1. The van der Waals surface area contributed by atoms with Crippen molar-refractivity contribution in [2.45, 2.75) is 64.7 Å². The first-order chi connectivity index (χ1) is 17.0. The van der Waals surface area contributed by atoms with Gasteiger partial charge in [0.2, 0.25) is 5.91 Å². The number of unbranched alkanes of at least 4 members (excludes halogenated alkanes) is 7. The number of benzene rings is 2. The van der Waals surface area contributed by atoms with E-state index in [1.165, 1.54) is 4.90 Å². The summed E-state index contributed by atoms with van der Waals surface area (Å²) in [6, 6.07) is 13.7. The number of hydrogen-bond donors (Lipinski definition) is 1. The maximum Gasteiger partial charge on any atom is 0.338 e. The number of fused-ring (bicyclic) bond motifs is 1. The van der Waals surface area contributed by atoms with Crippen LogP contribution in [0.3, 0.4) is 0 Å². The van der Waals surface area contributed by atoms with Crippen LogP contribution in [0.25, 0.3) is 0 Å². The maximum absolute atomic E-state index is 12.3. The van der Waals surface area contributed by atoms with Crippen LogP contribution < -0.4 is 5.32 Å². The molecule has 1 aliphatic heterocycles. The zero-order valence-electron chi connectivity index (χ0n) is 20.4. The van der Waals surface area contributed by atoms with E-state index >= 15 is 0 Å². The lowest BCUT2D eigenvalue weighted by Gasteiger charge is -2.13. The van der Waals surface area contributed by atoms with Crippen molar-refractivity contribution < 1.29 is 23.9 Å². The van der Waals surface area contributed by atoms with Gasteiger partial charge in [0.15, 0.2) is 0 Å². The summed E-state index contributed by atoms with van der Waals surface area (Å²) < 4.78 is 4.95. The number of rotatable bonds is 14. The van der Waals surface area contributed by atoms with Gasteiger partial charge in [-0.2, -0.15) is 0 Å². The predicted molar refractivity (Wildman–Crippen MR) is 134 cm³/mol. The Morgan fingerprint density at radius 2 is 1.31 bits per heavy atom. The molecular weight excluding hydrogens is 444 g/mol. The van der Waals surface area contributed by atoms with Gasteiger partial charge in [0, 0.05) is 18.7 Å². The van der Waals surface area contributed by atoms with Gasteiger partial charge in [-0.3, -0.25) is 19.3 Å². The topological polar surface area (TPSA) is 92.8 Å². The lowest BCUT2D eigenvalue weighted by molar-refractivity contribution is -0.116. The van der Waals surface area contributed by atoms with Gasteiger partial charge in [-0.15, -0.1) is 0 Å². The Labute approximate surface area is 206 Å². The molecule has 2 aromatic rings. The van der Waals surface area contributed by atoms with E-state index in [4.69, 9.17) is 4.74 Å². The van der Waals surface area contributed by atoms with E-state index in [1.807, 2.05) is 0 Å². The molecule has 7 nitrogen and oxygen atoms in total. The van der Waals surface area contributed by atoms with Gasteiger partial charge in [0.1, 0.15) is 0 Å². The zero-order chi connectivity index (χ0) is 25.0. The third-order valence-corrected chi connectivity index (χ3v) is 6.09. The van der Waals surface area contributed by atoms with Crippen molar-refractivity contribution in [3.05, 3.63) is 65.2 Å². The third-order valence-electron chi connectivity index (χ3n) is 6.09. The van der Waals surface area contributed by atoms with Gasteiger partial charge >= 0.3 is 5.97 Å². The van der Waals surface area contributed by atoms with E-state index in [1.54, 1.807) is 55.5 Å². The molecular formula is C28H34N2O5. The van der Waals surface area contributed by atoms with Crippen LogP contribution in [0.4, 0.5) is 5.69 Å². The highest BCUT2D eigenvalue weighted by molar-refractivity contribution is 6.21. The Balaban J connectivity index is 1.19. The second kappa shape index (κ2) is 13.4. The summed E-state index contributed by atoms with van der Waals surface area (Å²) in [7, 11) is 0. The Morgan fingerprint density at radius 3 is 1.89 bits per heavy atom. The van der Waals surface area contributed by atoms with Crippen LogP contribution in [0.15, 0.2) is 48.5 Å². The lowest BCUT2D eigenvalue weighted by Crippen LogP contribution is -2.30. The van der Waals surface area contributed by atoms with Crippen LogP contribution >= 0.6 is 0 Å². The molecule has 0 spiro atoms. The Kier molecular flexibility index (Phi) is 10.0.